The third kappa shape index (κ3) is 5.32. The Kier molecular flexibility index (Phi) is 6.48. The number of rotatable bonds is 9. The third-order valence-corrected chi connectivity index (χ3v) is 5.76. The summed E-state index contributed by atoms with van der Waals surface area (Å²) in [5.41, 5.74) is 2.20. The number of anilines is 1. The number of nitrogens with zero attached hydrogens (tertiary/aromatic N) is 3. The van der Waals surface area contributed by atoms with Crippen LogP contribution in [0.4, 0.5) is 5.82 Å². The quantitative estimate of drug-likeness (QED) is 0.511. The maximum absolute atomic E-state index is 12.3. The first-order chi connectivity index (χ1) is 13.9. The lowest BCUT2D eigenvalue weighted by molar-refractivity contribution is 0.373. The third-order valence-electron chi connectivity index (χ3n) is 4.41. The number of phenols is 1. The van der Waals surface area contributed by atoms with Gasteiger partial charge in [-0.05, 0) is 36.8 Å². The molecule has 0 saturated carbocycles. The van der Waals surface area contributed by atoms with Crippen molar-refractivity contribution in [1.82, 2.24) is 15.0 Å². The van der Waals surface area contributed by atoms with Crippen molar-refractivity contribution >= 4 is 27.0 Å². The van der Waals surface area contributed by atoms with E-state index in [1.165, 1.54) is 19.4 Å². The van der Waals surface area contributed by atoms with E-state index in [4.69, 9.17) is 4.74 Å². The molecule has 3 aromatic rings. The van der Waals surface area contributed by atoms with E-state index in [0.29, 0.717) is 29.0 Å². The zero-order chi connectivity index (χ0) is 20.9. The largest absolute Gasteiger partial charge is 0.504 e. The summed E-state index contributed by atoms with van der Waals surface area (Å²) >= 11 is 0. The van der Waals surface area contributed by atoms with Crippen molar-refractivity contribution in [2.24, 2.45) is 0 Å². The Morgan fingerprint density at radius 1 is 1.10 bits per heavy atom. The van der Waals surface area contributed by atoms with Gasteiger partial charge >= 0.3 is 0 Å². The molecule has 3 rings (SSSR count). The molecule has 2 aromatic heterocycles. The molecule has 9 heteroatoms. The number of nitrogens with one attached hydrogen (secondary N) is 1. The number of ether oxygens (including phenoxy) is 1. The molecule has 0 unspecified atom stereocenters. The minimum absolute atomic E-state index is 0.0347. The molecule has 0 spiro atoms. The van der Waals surface area contributed by atoms with Crippen molar-refractivity contribution in [2.75, 3.05) is 17.6 Å². The van der Waals surface area contributed by atoms with Gasteiger partial charge in [0.1, 0.15) is 5.52 Å². The van der Waals surface area contributed by atoms with Crippen LogP contribution in [-0.2, 0) is 10.0 Å². The van der Waals surface area contributed by atoms with Gasteiger partial charge in [-0.15, -0.1) is 0 Å². The highest BCUT2D eigenvalue weighted by Crippen LogP contribution is 2.31. The van der Waals surface area contributed by atoms with E-state index in [0.717, 1.165) is 24.8 Å². The Balaban J connectivity index is 1.84. The van der Waals surface area contributed by atoms with Crippen LogP contribution >= 0.6 is 0 Å². The number of phenolic OH excluding ortho intramolecular Hbond substituents is 1. The lowest BCUT2D eigenvalue weighted by atomic mass is 10.1. The number of benzene rings is 1. The van der Waals surface area contributed by atoms with Crippen LogP contribution < -0.4 is 9.46 Å². The zero-order valence-electron chi connectivity index (χ0n) is 16.4. The molecule has 0 radical (unpaired) electrons. The van der Waals surface area contributed by atoms with Crippen LogP contribution in [0.3, 0.4) is 0 Å². The van der Waals surface area contributed by atoms with E-state index >= 15 is 0 Å². The SMILES string of the molecule is CCCCCCS(=O)(=O)Nc1cnc2ccc(-c3ccc(O)c(OC)c3)nc2n1. The van der Waals surface area contributed by atoms with Gasteiger partial charge in [0, 0.05) is 5.56 Å². The van der Waals surface area contributed by atoms with Gasteiger partial charge in [-0.1, -0.05) is 26.2 Å². The fourth-order valence-electron chi connectivity index (χ4n) is 2.87. The van der Waals surface area contributed by atoms with Crippen LogP contribution in [0.15, 0.2) is 36.5 Å². The number of fused-ring (bicyclic) bond motifs is 1. The molecule has 2 heterocycles. The topological polar surface area (TPSA) is 114 Å². The van der Waals surface area contributed by atoms with Crippen LogP contribution in [0.2, 0.25) is 0 Å². The Morgan fingerprint density at radius 3 is 2.69 bits per heavy atom. The molecule has 0 aliphatic carbocycles. The second-order valence-electron chi connectivity index (χ2n) is 6.66. The molecule has 8 nitrogen and oxygen atoms in total. The second kappa shape index (κ2) is 9.04. The van der Waals surface area contributed by atoms with Gasteiger partial charge < -0.3 is 9.84 Å². The first kappa shape index (κ1) is 20.8. The monoisotopic (exact) mass is 416 g/mol. The molecule has 1 aromatic carbocycles. The van der Waals surface area contributed by atoms with Gasteiger partial charge in [-0.25, -0.2) is 23.4 Å². The number of hydrogen-bond acceptors (Lipinski definition) is 7. The first-order valence-corrected chi connectivity index (χ1v) is 11.1. The van der Waals surface area contributed by atoms with E-state index in [9.17, 15) is 13.5 Å². The summed E-state index contributed by atoms with van der Waals surface area (Å²) in [7, 11) is -2.01. The number of unbranched alkanes of at least 4 members (excludes halogenated alkanes) is 3. The second-order valence-corrected chi connectivity index (χ2v) is 8.50. The Labute approximate surface area is 170 Å². The standard InChI is InChI=1S/C20H24N4O4S/c1-3-4-5-6-11-29(26,27)24-19-13-21-16-9-8-15(22-20(16)23-19)14-7-10-17(25)18(12-14)28-2/h7-10,12-13,25H,3-6,11H2,1-2H3,(H,22,23,24). The van der Waals surface area contributed by atoms with Gasteiger partial charge in [-0.3, -0.25) is 4.72 Å². The minimum atomic E-state index is -3.48. The summed E-state index contributed by atoms with van der Waals surface area (Å²) in [5, 5.41) is 9.76. The molecule has 0 bridgehead atoms. The average molecular weight is 417 g/mol. The van der Waals surface area contributed by atoms with Gasteiger partial charge in [0.15, 0.2) is 23.0 Å². The Hall–Kier alpha value is -2.94. The van der Waals surface area contributed by atoms with Crippen molar-refractivity contribution in [1.29, 1.82) is 0 Å². The van der Waals surface area contributed by atoms with Crippen molar-refractivity contribution in [3.05, 3.63) is 36.5 Å². The molecule has 2 N–H and O–H groups in total. The van der Waals surface area contributed by atoms with Crippen molar-refractivity contribution < 1.29 is 18.3 Å². The predicted octanol–water partition coefficient (Wildman–Crippen LogP) is 3.73. The first-order valence-electron chi connectivity index (χ1n) is 9.43. The van der Waals surface area contributed by atoms with E-state index < -0.39 is 10.0 Å². The average Bonchev–Trinajstić information content (AvgIpc) is 2.71. The van der Waals surface area contributed by atoms with E-state index in [1.54, 1.807) is 24.3 Å². The number of hydrogen-bond donors (Lipinski definition) is 2. The fourth-order valence-corrected chi connectivity index (χ4v) is 3.98. The van der Waals surface area contributed by atoms with Crippen LogP contribution in [-0.4, -0.2) is 41.3 Å². The van der Waals surface area contributed by atoms with Crippen molar-refractivity contribution in [2.45, 2.75) is 32.6 Å². The van der Waals surface area contributed by atoms with Gasteiger partial charge in [-0.2, -0.15) is 0 Å². The van der Waals surface area contributed by atoms with E-state index in [1.807, 2.05) is 0 Å². The summed E-state index contributed by atoms with van der Waals surface area (Å²) in [6, 6.07) is 8.43. The molecular weight excluding hydrogens is 392 g/mol. The summed E-state index contributed by atoms with van der Waals surface area (Å²) in [5.74, 6) is 0.557. The van der Waals surface area contributed by atoms with Gasteiger partial charge in [0.2, 0.25) is 10.0 Å². The molecular formula is C20H24N4O4S. The molecule has 154 valence electrons. The van der Waals surface area contributed by atoms with Gasteiger partial charge in [0.25, 0.3) is 0 Å². The van der Waals surface area contributed by atoms with Gasteiger partial charge in [0.05, 0.1) is 24.8 Å². The molecule has 0 aliphatic heterocycles. The molecule has 0 fully saturated rings. The smallest absolute Gasteiger partial charge is 0.233 e. The highest BCUT2D eigenvalue weighted by molar-refractivity contribution is 7.92. The van der Waals surface area contributed by atoms with Crippen LogP contribution in [0.5, 0.6) is 11.5 Å². The maximum atomic E-state index is 12.3. The number of pyridine rings is 1. The summed E-state index contributed by atoms with van der Waals surface area (Å²) in [6.07, 6.45) is 4.93. The van der Waals surface area contributed by atoms with E-state index in [-0.39, 0.29) is 17.3 Å². The molecule has 0 amide bonds. The zero-order valence-corrected chi connectivity index (χ0v) is 17.2. The molecule has 0 saturated heterocycles. The van der Waals surface area contributed by atoms with Crippen LogP contribution in [0.25, 0.3) is 22.4 Å². The molecule has 29 heavy (non-hydrogen) atoms. The highest BCUT2D eigenvalue weighted by atomic mass is 32.2. The fraction of sp³-hybridized carbons (Fsp3) is 0.350. The number of methoxy groups -OCH3 is 1. The van der Waals surface area contributed by atoms with Crippen LogP contribution in [0, 0.1) is 0 Å². The number of aromatic nitrogens is 3. The minimum Gasteiger partial charge on any atom is -0.504 e. The van der Waals surface area contributed by atoms with E-state index in [2.05, 4.69) is 26.6 Å². The Bertz CT molecular complexity index is 1100. The maximum Gasteiger partial charge on any atom is 0.233 e. The highest BCUT2D eigenvalue weighted by Gasteiger charge is 2.13. The van der Waals surface area contributed by atoms with Crippen LogP contribution in [0.1, 0.15) is 32.6 Å². The number of aromatic hydroxyl groups is 1. The lowest BCUT2D eigenvalue weighted by Crippen LogP contribution is -2.17. The molecule has 0 aliphatic rings. The predicted molar refractivity (Wildman–Crippen MR) is 113 cm³/mol. The summed E-state index contributed by atoms with van der Waals surface area (Å²) in [6.45, 7) is 2.08. The van der Waals surface area contributed by atoms with Crippen molar-refractivity contribution in [3.63, 3.8) is 0 Å². The normalized spacial score (nSPS) is 11.5. The number of sulfonamides is 1. The lowest BCUT2D eigenvalue weighted by Gasteiger charge is -2.09. The Morgan fingerprint density at radius 2 is 1.93 bits per heavy atom. The summed E-state index contributed by atoms with van der Waals surface area (Å²) < 4.78 is 32.1. The summed E-state index contributed by atoms with van der Waals surface area (Å²) in [4.78, 5) is 13.0. The van der Waals surface area contributed by atoms with Crippen molar-refractivity contribution in [3.8, 4) is 22.8 Å². The molecule has 0 atom stereocenters.